The Kier molecular flexibility index (Phi) is 3.60. The van der Waals surface area contributed by atoms with E-state index in [1.165, 1.54) is 32.1 Å². The summed E-state index contributed by atoms with van der Waals surface area (Å²) in [5, 5.41) is 10.9. The van der Waals surface area contributed by atoms with Gasteiger partial charge in [0.25, 0.3) is 0 Å². The van der Waals surface area contributed by atoms with Crippen LogP contribution in [0.4, 0.5) is 0 Å². The molecule has 0 aromatic carbocycles. The van der Waals surface area contributed by atoms with Crippen molar-refractivity contribution < 1.29 is 5.11 Å². The molecular formula is C14H27NO. The van der Waals surface area contributed by atoms with E-state index in [2.05, 4.69) is 6.92 Å². The molecule has 2 unspecified atom stereocenters. The largest absolute Gasteiger partial charge is 0.388 e. The lowest BCUT2D eigenvalue weighted by Gasteiger charge is -2.42. The first-order valence-electron chi connectivity index (χ1n) is 7.11. The molecule has 2 atom stereocenters. The molecule has 2 saturated carbocycles. The molecule has 3 N–H and O–H groups in total. The van der Waals surface area contributed by atoms with E-state index in [1.807, 2.05) is 0 Å². The monoisotopic (exact) mass is 225 g/mol. The second-order valence-corrected chi connectivity index (χ2v) is 6.10. The molecule has 0 aliphatic heterocycles. The molecule has 0 saturated heterocycles. The van der Waals surface area contributed by atoms with Crippen LogP contribution in [-0.4, -0.2) is 16.2 Å². The van der Waals surface area contributed by atoms with Gasteiger partial charge in [0, 0.05) is 5.54 Å². The van der Waals surface area contributed by atoms with E-state index in [-0.39, 0.29) is 5.54 Å². The van der Waals surface area contributed by atoms with Gasteiger partial charge in [0.2, 0.25) is 0 Å². The fourth-order valence-electron chi connectivity index (χ4n) is 3.77. The van der Waals surface area contributed by atoms with Gasteiger partial charge in [0.1, 0.15) is 0 Å². The highest BCUT2D eigenvalue weighted by Crippen LogP contribution is 2.44. The average molecular weight is 225 g/mol. The van der Waals surface area contributed by atoms with Gasteiger partial charge in [-0.2, -0.15) is 0 Å². The van der Waals surface area contributed by atoms with Gasteiger partial charge in [0.05, 0.1) is 5.60 Å². The molecule has 2 heteroatoms. The minimum atomic E-state index is -0.562. The maximum Gasteiger partial charge on any atom is 0.0826 e. The molecule has 2 aliphatic carbocycles. The summed E-state index contributed by atoms with van der Waals surface area (Å²) in [6.45, 7) is 2.27. The zero-order valence-corrected chi connectivity index (χ0v) is 10.7. The van der Waals surface area contributed by atoms with Gasteiger partial charge in [-0.1, -0.05) is 39.0 Å². The van der Waals surface area contributed by atoms with E-state index in [9.17, 15) is 5.11 Å². The van der Waals surface area contributed by atoms with Crippen molar-refractivity contribution in [2.75, 3.05) is 0 Å². The van der Waals surface area contributed by atoms with Gasteiger partial charge in [-0.3, -0.25) is 0 Å². The molecule has 0 amide bonds. The first-order valence-corrected chi connectivity index (χ1v) is 7.11. The Morgan fingerprint density at radius 1 is 1.06 bits per heavy atom. The molecule has 2 aliphatic rings. The Labute approximate surface area is 99.6 Å². The van der Waals surface area contributed by atoms with Crippen LogP contribution in [-0.2, 0) is 0 Å². The van der Waals surface area contributed by atoms with E-state index >= 15 is 0 Å². The van der Waals surface area contributed by atoms with E-state index in [4.69, 9.17) is 5.73 Å². The molecule has 94 valence electrons. The number of hydrogen-bond acceptors (Lipinski definition) is 2. The summed E-state index contributed by atoms with van der Waals surface area (Å²) in [5.41, 5.74) is 5.64. The van der Waals surface area contributed by atoms with Crippen LogP contribution in [0.3, 0.4) is 0 Å². The topological polar surface area (TPSA) is 46.2 Å². The van der Waals surface area contributed by atoms with Crippen molar-refractivity contribution in [2.45, 2.75) is 82.3 Å². The quantitative estimate of drug-likeness (QED) is 0.710. The Bertz CT molecular complexity index is 235. The molecule has 16 heavy (non-hydrogen) atoms. The maximum absolute atomic E-state index is 10.9. The van der Waals surface area contributed by atoms with Crippen molar-refractivity contribution in [2.24, 2.45) is 11.7 Å². The van der Waals surface area contributed by atoms with Crippen LogP contribution in [0.1, 0.15) is 71.1 Å². The van der Waals surface area contributed by atoms with Gasteiger partial charge in [-0.15, -0.1) is 0 Å². The third-order valence-electron chi connectivity index (χ3n) is 5.17. The fraction of sp³-hybridized carbons (Fsp3) is 1.00. The molecule has 2 nitrogen and oxygen atoms in total. The van der Waals surface area contributed by atoms with E-state index in [0.29, 0.717) is 0 Å². The molecule has 0 spiro atoms. The lowest BCUT2D eigenvalue weighted by atomic mass is 9.74. The third-order valence-corrected chi connectivity index (χ3v) is 5.17. The molecular weight excluding hydrogens is 198 g/mol. The molecule has 2 fully saturated rings. The zero-order valence-electron chi connectivity index (χ0n) is 10.7. The molecule has 0 radical (unpaired) electrons. The van der Waals surface area contributed by atoms with Crippen LogP contribution < -0.4 is 5.73 Å². The summed E-state index contributed by atoms with van der Waals surface area (Å²) in [5.74, 6) is 0.819. The van der Waals surface area contributed by atoms with E-state index in [1.54, 1.807) is 0 Å². The number of aliphatic hydroxyl groups is 1. The Hall–Kier alpha value is -0.0800. The third kappa shape index (κ3) is 2.14. The van der Waals surface area contributed by atoms with Crippen LogP contribution in [0, 0.1) is 5.92 Å². The highest BCUT2D eigenvalue weighted by atomic mass is 16.3. The average Bonchev–Trinajstić information content (AvgIpc) is 2.62. The first-order chi connectivity index (χ1) is 7.60. The Balaban J connectivity index is 2.06. The number of hydrogen-bond donors (Lipinski definition) is 2. The minimum Gasteiger partial charge on any atom is -0.388 e. The maximum atomic E-state index is 10.9. The van der Waals surface area contributed by atoms with Crippen molar-refractivity contribution in [3.63, 3.8) is 0 Å². The normalized spacial score (nSPS) is 39.6. The minimum absolute atomic E-state index is 0.268. The van der Waals surface area contributed by atoms with E-state index in [0.717, 1.165) is 38.0 Å². The van der Waals surface area contributed by atoms with Crippen molar-refractivity contribution in [1.82, 2.24) is 0 Å². The van der Waals surface area contributed by atoms with Crippen molar-refractivity contribution >= 4 is 0 Å². The van der Waals surface area contributed by atoms with Crippen LogP contribution >= 0.6 is 0 Å². The SMILES string of the molecule is CCC1CCCC(O)(C2(N)CCCC2)CC1. The Morgan fingerprint density at radius 2 is 1.75 bits per heavy atom. The summed E-state index contributed by atoms with van der Waals surface area (Å²) in [4.78, 5) is 0. The summed E-state index contributed by atoms with van der Waals surface area (Å²) in [6.07, 6.45) is 11.2. The van der Waals surface area contributed by atoms with Gasteiger partial charge in [-0.25, -0.2) is 0 Å². The molecule has 0 aromatic rings. The van der Waals surface area contributed by atoms with Gasteiger partial charge in [-0.05, 0) is 38.0 Å². The van der Waals surface area contributed by atoms with Crippen LogP contribution in [0.15, 0.2) is 0 Å². The van der Waals surface area contributed by atoms with Crippen LogP contribution in [0.25, 0.3) is 0 Å². The van der Waals surface area contributed by atoms with E-state index < -0.39 is 5.60 Å². The highest BCUT2D eigenvalue weighted by molar-refractivity contribution is 5.06. The number of rotatable bonds is 2. The summed E-state index contributed by atoms with van der Waals surface area (Å²) >= 11 is 0. The lowest BCUT2D eigenvalue weighted by Crippen LogP contribution is -2.58. The molecule has 0 aromatic heterocycles. The van der Waals surface area contributed by atoms with Gasteiger partial charge < -0.3 is 10.8 Å². The zero-order chi connectivity index (χ0) is 11.6. The fourth-order valence-corrected chi connectivity index (χ4v) is 3.77. The molecule has 2 rings (SSSR count). The van der Waals surface area contributed by atoms with Crippen molar-refractivity contribution in [1.29, 1.82) is 0 Å². The Morgan fingerprint density at radius 3 is 2.38 bits per heavy atom. The van der Waals surface area contributed by atoms with Gasteiger partial charge in [0.15, 0.2) is 0 Å². The lowest BCUT2D eigenvalue weighted by molar-refractivity contribution is -0.0472. The summed E-state index contributed by atoms with van der Waals surface area (Å²) < 4.78 is 0. The predicted molar refractivity (Wildman–Crippen MR) is 67.2 cm³/mol. The first kappa shape index (κ1) is 12.4. The van der Waals surface area contributed by atoms with Crippen LogP contribution in [0.2, 0.25) is 0 Å². The summed E-state index contributed by atoms with van der Waals surface area (Å²) in [6, 6.07) is 0. The predicted octanol–water partition coefficient (Wildman–Crippen LogP) is 2.98. The number of nitrogens with two attached hydrogens (primary N) is 1. The van der Waals surface area contributed by atoms with Crippen molar-refractivity contribution in [3.8, 4) is 0 Å². The standard InChI is InChI=1S/C14H27NO/c1-2-12-6-5-10-14(16,11-7-12)13(15)8-3-4-9-13/h12,16H,2-11,15H2,1H3. The second kappa shape index (κ2) is 4.66. The smallest absolute Gasteiger partial charge is 0.0826 e. The van der Waals surface area contributed by atoms with Crippen LogP contribution in [0.5, 0.6) is 0 Å². The summed E-state index contributed by atoms with van der Waals surface area (Å²) in [7, 11) is 0. The van der Waals surface area contributed by atoms with Gasteiger partial charge >= 0.3 is 0 Å². The highest BCUT2D eigenvalue weighted by Gasteiger charge is 2.48. The molecule has 0 heterocycles. The van der Waals surface area contributed by atoms with Crippen molar-refractivity contribution in [3.05, 3.63) is 0 Å². The molecule has 0 bridgehead atoms. The second-order valence-electron chi connectivity index (χ2n) is 6.10.